The first-order valence-electron chi connectivity index (χ1n) is 8.14. The summed E-state index contributed by atoms with van der Waals surface area (Å²) in [6.45, 7) is 4.23. The monoisotopic (exact) mass is 370 g/mol. The van der Waals surface area contributed by atoms with E-state index < -0.39 is 12.1 Å². The van der Waals surface area contributed by atoms with Crippen LogP contribution >= 0.6 is 11.3 Å². The minimum atomic E-state index is -0.631. The number of carbonyl (C=O) groups excluding carboxylic acids is 1. The molecule has 0 N–H and O–H groups in total. The Morgan fingerprint density at radius 3 is 2.77 bits per heavy atom. The van der Waals surface area contributed by atoms with Crippen molar-refractivity contribution in [3.8, 4) is 16.5 Å². The predicted molar refractivity (Wildman–Crippen MR) is 98.8 cm³/mol. The highest BCUT2D eigenvalue weighted by Crippen LogP contribution is 2.25. The Balaban J connectivity index is 1.57. The number of aromatic nitrogens is 2. The second kappa shape index (κ2) is 8.44. The summed E-state index contributed by atoms with van der Waals surface area (Å²) in [6, 6.07) is 11.2. The van der Waals surface area contributed by atoms with Crippen LogP contribution in [0.4, 0.5) is 0 Å². The number of hydrogen-bond donors (Lipinski definition) is 0. The molecule has 0 aliphatic heterocycles. The van der Waals surface area contributed by atoms with Crippen LogP contribution in [0.25, 0.3) is 16.8 Å². The number of benzene rings is 1. The Bertz CT molecular complexity index is 869. The Kier molecular flexibility index (Phi) is 5.80. The summed E-state index contributed by atoms with van der Waals surface area (Å²) in [4.78, 5) is 12.9. The van der Waals surface area contributed by atoms with Gasteiger partial charge >= 0.3 is 5.97 Å². The van der Waals surface area contributed by atoms with E-state index in [1.54, 1.807) is 13.0 Å². The Morgan fingerprint density at radius 1 is 1.27 bits per heavy atom. The number of hydrogen-bond acceptors (Lipinski definition) is 7. The molecule has 0 spiro atoms. The quantitative estimate of drug-likeness (QED) is 0.450. The van der Waals surface area contributed by atoms with Crippen LogP contribution in [-0.2, 0) is 9.53 Å². The van der Waals surface area contributed by atoms with E-state index in [0.717, 1.165) is 16.2 Å². The molecule has 1 aromatic carbocycles. The van der Waals surface area contributed by atoms with Crippen molar-refractivity contribution in [2.75, 3.05) is 6.61 Å². The molecule has 0 saturated carbocycles. The summed E-state index contributed by atoms with van der Waals surface area (Å²) < 4.78 is 16.2. The van der Waals surface area contributed by atoms with Gasteiger partial charge in [0.2, 0.25) is 0 Å². The highest BCUT2D eigenvalue weighted by atomic mass is 32.1. The number of nitrogens with zero attached hydrogens (tertiary/aromatic N) is 2. The van der Waals surface area contributed by atoms with Gasteiger partial charge < -0.3 is 13.9 Å². The van der Waals surface area contributed by atoms with Crippen molar-refractivity contribution >= 4 is 23.4 Å². The Morgan fingerprint density at radius 2 is 2.08 bits per heavy atom. The van der Waals surface area contributed by atoms with Gasteiger partial charge in [-0.2, -0.15) is 0 Å². The van der Waals surface area contributed by atoms with E-state index in [2.05, 4.69) is 10.2 Å². The summed E-state index contributed by atoms with van der Waals surface area (Å²) >= 11 is 1.50. The van der Waals surface area contributed by atoms with Gasteiger partial charge in [-0.25, -0.2) is 4.79 Å². The highest BCUT2D eigenvalue weighted by Gasteiger charge is 2.18. The Hall–Kier alpha value is -2.93. The average Bonchev–Trinajstić information content (AvgIpc) is 3.32. The van der Waals surface area contributed by atoms with Gasteiger partial charge in [0.1, 0.15) is 5.75 Å². The van der Waals surface area contributed by atoms with E-state index in [1.165, 1.54) is 17.4 Å². The first-order valence-corrected chi connectivity index (χ1v) is 9.02. The van der Waals surface area contributed by atoms with Crippen molar-refractivity contribution in [3.63, 3.8) is 0 Å². The van der Waals surface area contributed by atoms with Crippen LogP contribution in [0.1, 0.15) is 31.4 Å². The fourth-order valence-electron chi connectivity index (χ4n) is 2.17. The van der Waals surface area contributed by atoms with E-state index in [0.29, 0.717) is 12.5 Å². The maximum Gasteiger partial charge on any atom is 0.331 e. The number of rotatable bonds is 7. The topological polar surface area (TPSA) is 74.5 Å². The fraction of sp³-hybridized carbons (Fsp3) is 0.211. The van der Waals surface area contributed by atoms with Crippen molar-refractivity contribution < 1.29 is 18.7 Å². The van der Waals surface area contributed by atoms with Crippen molar-refractivity contribution in [2.24, 2.45) is 0 Å². The molecule has 7 heteroatoms. The third-order valence-corrected chi connectivity index (χ3v) is 4.27. The molecule has 0 bridgehead atoms. The van der Waals surface area contributed by atoms with Crippen LogP contribution in [0, 0.1) is 0 Å². The van der Waals surface area contributed by atoms with Crippen LogP contribution in [0.3, 0.4) is 0 Å². The van der Waals surface area contributed by atoms with Crippen molar-refractivity contribution in [2.45, 2.75) is 20.0 Å². The van der Waals surface area contributed by atoms with Gasteiger partial charge in [0.15, 0.2) is 6.10 Å². The normalized spacial score (nSPS) is 12.2. The molecule has 0 aliphatic rings. The lowest BCUT2D eigenvalue weighted by Gasteiger charge is -2.06. The molecule has 0 amide bonds. The minimum absolute atomic E-state index is 0.260. The van der Waals surface area contributed by atoms with Crippen molar-refractivity contribution in [3.05, 3.63) is 59.3 Å². The minimum Gasteiger partial charge on any atom is -0.494 e. The molecule has 26 heavy (non-hydrogen) atoms. The summed E-state index contributed by atoms with van der Waals surface area (Å²) in [5.41, 5.74) is 0.871. The van der Waals surface area contributed by atoms with Crippen LogP contribution in [-0.4, -0.2) is 22.8 Å². The zero-order valence-corrected chi connectivity index (χ0v) is 15.2. The SMILES string of the molecule is CCOc1ccc(/C=C/C(=O)O[C@@H](C)c2nnc(-c3cccs3)o2)cc1. The fourth-order valence-corrected chi connectivity index (χ4v) is 2.81. The largest absolute Gasteiger partial charge is 0.494 e. The second-order valence-corrected chi connectivity index (χ2v) is 6.28. The van der Waals surface area contributed by atoms with Gasteiger partial charge in [-0.1, -0.05) is 18.2 Å². The molecule has 2 heterocycles. The highest BCUT2D eigenvalue weighted by molar-refractivity contribution is 7.13. The van der Waals surface area contributed by atoms with Gasteiger partial charge in [0.05, 0.1) is 11.5 Å². The summed E-state index contributed by atoms with van der Waals surface area (Å²) in [7, 11) is 0. The maximum atomic E-state index is 12.0. The van der Waals surface area contributed by atoms with E-state index in [-0.39, 0.29) is 5.89 Å². The smallest absolute Gasteiger partial charge is 0.331 e. The third kappa shape index (κ3) is 4.58. The summed E-state index contributed by atoms with van der Waals surface area (Å²) in [6.07, 6.45) is 2.41. The average molecular weight is 370 g/mol. The molecule has 3 aromatic rings. The van der Waals surface area contributed by atoms with Gasteiger partial charge in [-0.15, -0.1) is 21.5 Å². The van der Waals surface area contributed by atoms with E-state index in [1.807, 2.05) is 48.7 Å². The molecule has 134 valence electrons. The predicted octanol–water partition coefficient (Wildman–Crippen LogP) is 4.51. The first-order chi connectivity index (χ1) is 12.7. The van der Waals surface area contributed by atoms with Crippen LogP contribution < -0.4 is 4.74 Å². The molecular weight excluding hydrogens is 352 g/mol. The lowest BCUT2D eigenvalue weighted by Crippen LogP contribution is -2.06. The molecule has 6 nitrogen and oxygen atoms in total. The van der Waals surface area contributed by atoms with Crippen molar-refractivity contribution in [1.29, 1.82) is 0 Å². The van der Waals surface area contributed by atoms with Crippen LogP contribution in [0.2, 0.25) is 0 Å². The second-order valence-electron chi connectivity index (χ2n) is 5.34. The molecule has 0 radical (unpaired) electrons. The number of ether oxygens (including phenoxy) is 2. The van der Waals surface area contributed by atoms with E-state index in [9.17, 15) is 4.79 Å². The van der Waals surface area contributed by atoms with E-state index >= 15 is 0 Å². The molecule has 1 atom stereocenters. The number of carbonyl (C=O) groups is 1. The molecule has 0 fully saturated rings. The number of thiophene rings is 1. The van der Waals surface area contributed by atoms with Gasteiger partial charge in [-0.05, 0) is 49.1 Å². The zero-order valence-electron chi connectivity index (χ0n) is 14.4. The molecule has 0 saturated heterocycles. The molecular formula is C19H18N2O4S. The van der Waals surface area contributed by atoms with Gasteiger partial charge in [0.25, 0.3) is 11.8 Å². The molecule has 3 rings (SSSR count). The summed E-state index contributed by atoms with van der Waals surface area (Å²) in [5, 5.41) is 9.85. The first kappa shape index (κ1) is 17.9. The lowest BCUT2D eigenvalue weighted by molar-refractivity contribution is -0.143. The Labute approximate surface area is 155 Å². The molecule has 2 aromatic heterocycles. The summed E-state index contributed by atoms with van der Waals surface area (Å²) in [5.74, 6) is 0.986. The van der Waals surface area contributed by atoms with Crippen LogP contribution in [0.15, 0.2) is 52.3 Å². The third-order valence-electron chi connectivity index (χ3n) is 3.42. The zero-order chi connectivity index (χ0) is 18.4. The lowest BCUT2D eigenvalue weighted by atomic mass is 10.2. The van der Waals surface area contributed by atoms with Gasteiger partial charge in [-0.3, -0.25) is 0 Å². The molecule has 0 unspecified atom stereocenters. The van der Waals surface area contributed by atoms with Crippen LogP contribution in [0.5, 0.6) is 5.75 Å². The number of esters is 1. The van der Waals surface area contributed by atoms with Crippen molar-refractivity contribution in [1.82, 2.24) is 10.2 Å². The standard InChI is InChI=1S/C19H18N2O4S/c1-3-23-15-9-6-14(7-10-15)8-11-17(22)24-13(2)18-20-21-19(25-18)16-5-4-12-26-16/h4-13H,3H2,1-2H3/b11-8+/t13-/m0/s1. The molecule has 0 aliphatic carbocycles. The van der Waals surface area contributed by atoms with E-state index in [4.69, 9.17) is 13.9 Å². The van der Waals surface area contributed by atoms with Gasteiger partial charge in [0, 0.05) is 6.08 Å². The maximum absolute atomic E-state index is 12.0.